The maximum atomic E-state index is 11.5. The molecular formula is C21H20O4S2. The van der Waals surface area contributed by atoms with Crippen LogP contribution in [0.15, 0.2) is 76.5 Å². The van der Waals surface area contributed by atoms with Crippen molar-refractivity contribution in [2.24, 2.45) is 0 Å². The number of hydrogen-bond acceptors (Lipinski definition) is 4. The zero-order valence-electron chi connectivity index (χ0n) is 14.8. The normalized spacial score (nSPS) is 11.5. The number of benzene rings is 3. The van der Waals surface area contributed by atoms with Crippen LogP contribution in [0.4, 0.5) is 0 Å². The Kier molecular flexibility index (Phi) is 5.89. The van der Waals surface area contributed by atoms with Gasteiger partial charge in [-0.3, -0.25) is 0 Å². The maximum absolute atomic E-state index is 11.5. The number of hydrogen-bond donors (Lipinski definition) is 1. The van der Waals surface area contributed by atoms with E-state index in [1.165, 1.54) is 6.07 Å². The largest absolute Gasteiger partial charge is 0.744 e. The zero-order chi connectivity index (χ0) is 19.4. The number of rotatable bonds is 6. The second-order valence-corrected chi connectivity index (χ2v) is 8.81. The minimum absolute atomic E-state index is 0.119. The molecule has 0 aliphatic rings. The number of phenols is 1. The predicted octanol–water partition coefficient (Wildman–Crippen LogP) is 3.69. The first-order valence-electron chi connectivity index (χ1n) is 8.46. The number of thiol groups is 1. The lowest BCUT2D eigenvalue weighted by atomic mass is 10.0. The highest BCUT2D eigenvalue weighted by molar-refractivity contribution is 7.87. The third-order valence-corrected chi connectivity index (χ3v) is 6.68. The molecule has 0 radical (unpaired) electrons. The summed E-state index contributed by atoms with van der Waals surface area (Å²) in [5, 5.41) is 9.37. The molecule has 0 atom stereocenters. The third kappa shape index (κ3) is 4.91. The number of aryl methyl sites for hydroxylation is 2. The quantitative estimate of drug-likeness (QED) is 0.389. The summed E-state index contributed by atoms with van der Waals surface area (Å²) in [4.78, 5) is 0.472. The second-order valence-electron chi connectivity index (χ2n) is 6.25. The van der Waals surface area contributed by atoms with Crippen LogP contribution in [0.5, 0.6) is 5.75 Å². The molecule has 0 unspecified atom stereocenters. The molecule has 27 heavy (non-hydrogen) atoms. The van der Waals surface area contributed by atoms with Gasteiger partial charge in [0.05, 0.1) is 0 Å². The molecular weight excluding hydrogens is 380 g/mol. The van der Waals surface area contributed by atoms with E-state index in [1.807, 2.05) is 49.4 Å². The van der Waals surface area contributed by atoms with Gasteiger partial charge < -0.3 is 9.66 Å². The topological polar surface area (TPSA) is 77.4 Å². The highest BCUT2D eigenvalue weighted by Gasteiger charge is 2.18. The van der Waals surface area contributed by atoms with E-state index in [0.29, 0.717) is 4.90 Å². The van der Waals surface area contributed by atoms with E-state index in [-0.39, 0.29) is 10.6 Å². The molecule has 0 heterocycles. The minimum atomic E-state index is -4.47. The van der Waals surface area contributed by atoms with Crippen LogP contribution in [0.25, 0.3) is 11.1 Å². The molecule has 0 bridgehead atoms. The average Bonchev–Trinajstić information content (AvgIpc) is 2.63. The molecule has 0 aliphatic carbocycles. The first-order valence-corrected chi connectivity index (χ1v) is 10.9. The van der Waals surface area contributed by atoms with E-state index < -0.39 is 10.1 Å². The van der Waals surface area contributed by atoms with E-state index in [0.717, 1.165) is 46.2 Å². The van der Waals surface area contributed by atoms with Crippen LogP contribution >= 0.6 is 0 Å². The van der Waals surface area contributed by atoms with E-state index >= 15 is 0 Å². The van der Waals surface area contributed by atoms with Crippen molar-refractivity contribution >= 4 is 21.9 Å². The fourth-order valence-corrected chi connectivity index (χ4v) is 5.17. The number of phenolic OH excluding ortho intramolecular Hbond substituents is 1. The van der Waals surface area contributed by atoms with Gasteiger partial charge in [0.25, 0.3) is 0 Å². The van der Waals surface area contributed by atoms with Crippen molar-refractivity contribution in [3.63, 3.8) is 0 Å². The lowest BCUT2D eigenvalue weighted by Crippen LogP contribution is -2.06. The molecule has 0 amide bonds. The van der Waals surface area contributed by atoms with E-state index in [2.05, 4.69) is 0 Å². The van der Waals surface area contributed by atoms with Crippen LogP contribution in [-0.4, -0.2) is 23.8 Å². The van der Waals surface area contributed by atoms with Crippen LogP contribution < -0.4 is 0 Å². The lowest BCUT2D eigenvalue weighted by Gasteiger charge is -2.10. The maximum Gasteiger partial charge on any atom is 0.173 e. The molecule has 4 nitrogen and oxygen atoms in total. The number of aromatic hydroxyl groups is 1. The summed E-state index contributed by atoms with van der Waals surface area (Å²) in [6.07, 6.45) is 0.782. The molecule has 0 aromatic heterocycles. The van der Waals surface area contributed by atoms with Gasteiger partial charge in [-0.2, -0.15) is 0 Å². The van der Waals surface area contributed by atoms with Crippen LogP contribution in [0.1, 0.15) is 11.1 Å². The van der Waals surface area contributed by atoms with Crippen LogP contribution in [0.3, 0.4) is 0 Å². The Morgan fingerprint density at radius 1 is 0.926 bits per heavy atom. The summed E-state index contributed by atoms with van der Waals surface area (Å²) >= 11 is 0.827. The molecule has 3 aromatic rings. The summed E-state index contributed by atoms with van der Waals surface area (Å²) in [5.41, 5.74) is 4.05. The van der Waals surface area contributed by atoms with Crippen molar-refractivity contribution in [3.8, 4) is 16.9 Å². The van der Waals surface area contributed by atoms with Crippen molar-refractivity contribution in [2.75, 3.05) is 5.75 Å². The summed E-state index contributed by atoms with van der Waals surface area (Å²) in [5.74, 6) is 0.969. The lowest BCUT2D eigenvalue weighted by molar-refractivity contribution is 0.460. The molecule has 1 N–H and O–H groups in total. The van der Waals surface area contributed by atoms with Crippen LogP contribution in [0.2, 0.25) is 0 Å². The highest BCUT2D eigenvalue weighted by Crippen LogP contribution is 2.24. The molecule has 0 saturated carbocycles. The van der Waals surface area contributed by atoms with Gasteiger partial charge in [-0.25, -0.2) is 8.42 Å². The van der Waals surface area contributed by atoms with Gasteiger partial charge in [-0.1, -0.05) is 48.5 Å². The summed E-state index contributed by atoms with van der Waals surface area (Å²) in [6, 6.07) is 20.0. The van der Waals surface area contributed by atoms with Crippen molar-refractivity contribution < 1.29 is 18.1 Å². The van der Waals surface area contributed by atoms with Gasteiger partial charge in [-0.05, 0) is 41.8 Å². The monoisotopic (exact) mass is 400 g/mol. The highest BCUT2D eigenvalue weighted by atomic mass is 32.2. The van der Waals surface area contributed by atoms with E-state index in [9.17, 15) is 18.1 Å². The molecule has 0 fully saturated rings. The minimum Gasteiger partial charge on any atom is -0.744 e. The molecule has 0 saturated heterocycles. The van der Waals surface area contributed by atoms with Crippen molar-refractivity contribution in [1.29, 1.82) is 0 Å². The molecule has 140 valence electrons. The van der Waals surface area contributed by atoms with Gasteiger partial charge in [0, 0.05) is 23.7 Å². The molecule has 0 spiro atoms. The van der Waals surface area contributed by atoms with Gasteiger partial charge in [0.15, 0.2) is 4.90 Å². The van der Waals surface area contributed by atoms with Gasteiger partial charge in [-0.15, -0.1) is 0 Å². The van der Waals surface area contributed by atoms with Crippen molar-refractivity contribution in [2.45, 2.75) is 23.1 Å². The molecule has 6 heteroatoms. The molecule has 3 rings (SSSR count). The Morgan fingerprint density at radius 2 is 1.52 bits per heavy atom. The molecule has 3 aromatic carbocycles. The Bertz CT molecular complexity index is 1020. The first kappa shape index (κ1) is 19.5. The van der Waals surface area contributed by atoms with Crippen molar-refractivity contribution in [1.82, 2.24) is 0 Å². The summed E-state index contributed by atoms with van der Waals surface area (Å²) in [6.45, 7) is 1.82. The standard InChI is InChI=1S/C21H20O4S2/c1-15-3-2-4-20(27(23,24)25)21(15)26-14-13-16-5-7-17(8-6-16)18-9-11-19(22)12-10-18/h2-12,22H,13-14H2,1H3,(H,23,24,25). The van der Waals surface area contributed by atoms with Gasteiger partial charge in [0.2, 0.25) is 0 Å². The predicted molar refractivity (Wildman–Crippen MR) is 108 cm³/mol. The Hall–Kier alpha value is -2.28. The van der Waals surface area contributed by atoms with Crippen LogP contribution in [-0.2, 0) is 28.3 Å². The fraction of sp³-hybridized carbons (Fsp3) is 0.143. The zero-order valence-corrected chi connectivity index (χ0v) is 16.5. The van der Waals surface area contributed by atoms with E-state index in [4.69, 9.17) is 0 Å². The summed E-state index contributed by atoms with van der Waals surface area (Å²) < 4.78 is 34.4. The Labute approximate surface area is 163 Å². The van der Waals surface area contributed by atoms with Gasteiger partial charge in [0.1, 0.15) is 26.5 Å². The van der Waals surface area contributed by atoms with Crippen molar-refractivity contribution in [3.05, 3.63) is 77.9 Å². The third-order valence-electron chi connectivity index (χ3n) is 4.30. The first-order chi connectivity index (χ1) is 12.8. The Balaban J connectivity index is 1.67. The van der Waals surface area contributed by atoms with E-state index in [1.54, 1.807) is 18.2 Å². The van der Waals surface area contributed by atoms with Crippen LogP contribution in [0, 0.1) is 6.92 Å². The second kappa shape index (κ2) is 8.17. The molecule has 0 aliphatic heterocycles. The van der Waals surface area contributed by atoms with Gasteiger partial charge >= 0.3 is 0 Å². The fourth-order valence-electron chi connectivity index (χ4n) is 2.85. The Morgan fingerprint density at radius 3 is 2.11 bits per heavy atom. The average molecular weight is 401 g/mol. The summed E-state index contributed by atoms with van der Waals surface area (Å²) in [7, 11) is -4.47. The SMILES string of the molecule is Cc1cccc(S(=O)(=O)[O-])c1[SH+]CCc1ccc(-c2ccc(O)cc2)cc1. The smallest absolute Gasteiger partial charge is 0.173 e.